The van der Waals surface area contributed by atoms with E-state index in [2.05, 4.69) is 12.2 Å². The highest BCUT2D eigenvalue weighted by Gasteiger charge is 2.47. The SMILES string of the molecule is CCC[C@@H](NC(=O)CCN1C(=O)[C@H]2CCCC[C@@H]2C1=O)c1ccccc1. The van der Waals surface area contributed by atoms with Crippen molar-refractivity contribution >= 4 is 17.7 Å². The summed E-state index contributed by atoms with van der Waals surface area (Å²) in [7, 11) is 0. The largest absolute Gasteiger partial charge is 0.349 e. The van der Waals surface area contributed by atoms with Crippen molar-refractivity contribution < 1.29 is 14.4 Å². The molecule has 0 aromatic heterocycles. The van der Waals surface area contributed by atoms with Crippen molar-refractivity contribution in [1.82, 2.24) is 10.2 Å². The van der Waals surface area contributed by atoms with Crippen LogP contribution in [0, 0.1) is 11.8 Å². The zero-order valence-electron chi connectivity index (χ0n) is 15.4. The van der Waals surface area contributed by atoms with E-state index in [1.165, 1.54) is 4.90 Å². The van der Waals surface area contributed by atoms with Crippen LogP contribution < -0.4 is 5.32 Å². The lowest BCUT2D eigenvalue weighted by Gasteiger charge is -2.20. The Bertz CT molecular complexity index is 634. The molecule has 1 aromatic carbocycles. The molecule has 1 aliphatic heterocycles. The van der Waals surface area contributed by atoms with Gasteiger partial charge in [0.15, 0.2) is 0 Å². The highest BCUT2D eigenvalue weighted by molar-refractivity contribution is 6.05. The normalized spacial score (nSPS) is 23.7. The summed E-state index contributed by atoms with van der Waals surface area (Å²) in [5.74, 6) is -0.531. The van der Waals surface area contributed by atoms with Crippen LogP contribution in [-0.2, 0) is 14.4 Å². The molecular formula is C21H28N2O3. The van der Waals surface area contributed by atoms with Gasteiger partial charge in [-0.15, -0.1) is 0 Å². The second kappa shape index (κ2) is 8.47. The quantitative estimate of drug-likeness (QED) is 0.763. The second-order valence-electron chi connectivity index (χ2n) is 7.40. The Morgan fingerprint density at radius 1 is 1.12 bits per heavy atom. The Kier molecular flexibility index (Phi) is 6.07. The molecule has 3 rings (SSSR count). The Morgan fingerprint density at radius 2 is 1.73 bits per heavy atom. The van der Waals surface area contributed by atoms with Crippen LogP contribution in [0.25, 0.3) is 0 Å². The zero-order valence-corrected chi connectivity index (χ0v) is 15.4. The van der Waals surface area contributed by atoms with Gasteiger partial charge >= 0.3 is 0 Å². The Balaban J connectivity index is 1.56. The first kappa shape index (κ1) is 18.6. The topological polar surface area (TPSA) is 66.5 Å². The van der Waals surface area contributed by atoms with Crippen LogP contribution in [-0.4, -0.2) is 29.2 Å². The van der Waals surface area contributed by atoms with Gasteiger partial charge in [-0.1, -0.05) is 56.5 Å². The molecule has 1 saturated heterocycles. The van der Waals surface area contributed by atoms with E-state index < -0.39 is 0 Å². The van der Waals surface area contributed by atoms with Gasteiger partial charge in [0.2, 0.25) is 17.7 Å². The summed E-state index contributed by atoms with van der Waals surface area (Å²) in [4.78, 5) is 38.7. The maximum atomic E-state index is 12.5. The van der Waals surface area contributed by atoms with Crippen LogP contribution in [0.5, 0.6) is 0 Å². The highest BCUT2D eigenvalue weighted by atomic mass is 16.2. The fourth-order valence-electron chi connectivity index (χ4n) is 4.23. The summed E-state index contributed by atoms with van der Waals surface area (Å²) in [5.41, 5.74) is 1.09. The van der Waals surface area contributed by atoms with E-state index in [-0.39, 0.29) is 48.6 Å². The van der Waals surface area contributed by atoms with Crippen molar-refractivity contribution in [3.63, 3.8) is 0 Å². The number of carbonyl (C=O) groups is 3. The van der Waals surface area contributed by atoms with Gasteiger partial charge in [0, 0.05) is 13.0 Å². The first-order valence-corrected chi connectivity index (χ1v) is 9.81. The van der Waals surface area contributed by atoms with Gasteiger partial charge in [-0.05, 0) is 24.8 Å². The number of likely N-dealkylation sites (tertiary alicyclic amines) is 1. The van der Waals surface area contributed by atoms with Crippen molar-refractivity contribution in [2.45, 2.75) is 57.9 Å². The number of imide groups is 1. The molecular weight excluding hydrogens is 328 g/mol. The standard InChI is InChI=1S/C21H28N2O3/c1-2-8-18(15-9-4-3-5-10-15)22-19(24)13-14-23-20(25)16-11-6-7-12-17(16)21(23)26/h3-5,9-10,16-18H,2,6-8,11-14H2,1H3,(H,22,24)/t16-,17-,18+/m0/s1. The number of carbonyl (C=O) groups excluding carboxylic acids is 3. The second-order valence-corrected chi connectivity index (χ2v) is 7.40. The number of hydrogen-bond acceptors (Lipinski definition) is 3. The summed E-state index contributed by atoms with van der Waals surface area (Å²) in [6, 6.07) is 9.89. The molecule has 2 aliphatic rings. The van der Waals surface area contributed by atoms with Crippen LogP contribution in [0.2, 0.25) is 0 Å². The highest BCUT2D eigenvalue weighted by Crippen LogP contribution is 2.37. The van der Waals surface area contributed by atoms with Crippen molar-refractivity contribution in [3.8, 4) is 0 Å². The van der Waals surface area contributed by atoms with E-state index >= 15 is 0 Å². The summed E-state index contributed by atoms with van der Waals surface area (Å²) >= 11 is 0. The van der Waals surface area contributed by atoms with Crippen molar-refractivity contribution in [1.29, 1.82) is 0 Å². The molecule has 0 bridgehead atoms. The molecule has 26 heavy (non-hydrogen) atoms. The smallest absolute Gasteiger partial charge is 0.233 e. The molecule has 1 saturated carbocycles. The zero-order chi connectivity index (χ0) is 18.5. The average Bonchev–Trinajstić information content (AvgIpc) is 2.91. The minimum Gasteiger partial charge on any atom is -0.349 e. The Labute approximate surface area is 155 Å². The molecule has 0 spiro atoms. The molecule has 0 radical (unpaired) electrons. The number of fused-ring (bicyclic) bond motifs is 1. The average molecular weight is 356 g/mol. The molecule has 5 nitrogen and oxygen atoms in total. The fourth-order valence-corrected chi connectivity index (χ4v) is 4.23. The molecule has 2 fully saturated rings. The molecule has 0 unspecified atom stereocenters. The maximum absolute atomic E-state index is 12.5. The minimum atomic E-state index is -0.142. The van der Waals surface area contributed by atoms with E-state index in [0.29, 0.717) is 0 Å². The van der Waals surface area contributed by atoms with Crippen LogP contribution in [0.4, 0.5) is 0 Å². The number of amides is 3. The van der Waals surface area contributed by atoms with Crippen molar-refractivity contribution in [2.24, 2.45) is 11.8 Å². The monoisotopic (exact) mass is 356 g/mol. The van der Waals surface area contributed by atoms with Gasteiger partial charge in [0.1, 0.15) is 0 Å². The van der Waals surface area contributed by atoms with Gasteiger partial charge in [-0.3, -0.25) is 19.3 Å². The number of nitrogens with zero attached hydrogens (tertiary/aromatic N) is 1. The summed E-state index contributed by atoms with van der Waals surface area (Å²) in [6.45, 7) is 2.29. The van der Waals surface area contributed by atoms with Crippen molar-refractivity contribution in [3.05, 3.63) is 35.9 Å². The number of benzene rings is 1. The Morgan fingerprint density at radius 3 is 2.31 bits per heavy atom. The Hall–Kier alpha value is -2.17. The molecule has 1 N–H and O–H groups in total. The lowest BCUT2D eigenvalue weighted by Crippen LogP contribution is -2.36. The van der Waals surface area contributed by atoms with Gasteiger partial charge in [0.05, 0.1) is 17.9 Å². The molecule has 5 heteroatoms. The lowest BCUT2D eigenvalue weighted by atomic mass is 9.81. The molecule has 3 amide bonds. The van der Waals surface area contributed by atoms with Gasteiger partial charge in [0.25, 0.3) is 0 Å². The summed E-state index contributed by atoms with van der Waals surface area (Å²) in [5, 5.41) is 3.06. The number of hydrogen-bond donors (Lipinski definition) is 1. The van der Waals surface area contributed by atoms with Crippen LogP contribution in [0.15, 0.2) is 30.3 Å². The van der Waals surface area contributed by atoms with E-state index in [1.54, 1.807) is 0 Å². The molecule has 140 valence electrons. The van der Waals surface area contributed by atoms with E-state index in [0.717, 1.165) is 44.1 Å². The summed E-state index contributed by atoms with van der Waals surface area (Å²) in [6.07, 6.45) is 5.65. The van der Waals surface area contributed by atoms with E-state index in [9.17, 15) is 14.4 Å². The third kappa shape index (κ3) is 3.97. The van der Waals surface area contributed by atoms with E-state index in [1.807, 2.05) is 30.3 Å². The minimum absolute atomic E-state index is 0.0266. The van der Waals surface area contributed by atoms with Crippen molar-refractivity contribution in [2.75, 3.05) is 6.54 Å². The van der Waals surface area contributed by atoms with Gasteiger partial charge < -0.3 is 5.32 Å². The number of rotatable bonds is 7. The predicted molar refractivity (Wildman–Crippen MR) is 99.0 cm³/mol. The van der Waals surface area contributed by atoms with Crippen LogP contribution in [0.3, 0.4) is 0 Å². The van der Waals surface area contributed by atoms with Gasteiger partial charge in [-0.25, -0.2) is 0 Å². The molecule has 1 aliphatic carbocycles. The van der Waals surface area contributed by atoms with Crippen LogP contribution in [0.1, 0.15) is 63.5 Å². The molecule has 3 atom stereocenters. The first-order chi connectivity index (χ1) is 12.6. The summed E-state index contributed by atoms with van der Waals surface area (Å²) < 4.78 is 0. The third-order valence-corrected chi connectivity index (χ3v) is 5.61. The maximum Gasteiger partial charge on any atom is 0.233 e. The molecule has 1 heterocycles. The van der Waals surface area contributed by atoms with E-state index in [4.69, 9.17) is 0 Å². The fraction of sp³-hybridized carbons (Fsp3) is 0.571. The third-order valence-electron chi connectivity index (χ3n) is 5.61. The molecule has 1 aromatic rings. The predicted octanol–water partition coefficient (Wildman–Crippen LogP) is 3.21. The van der Waals surface area contributed by atoms with Crippen LogP contribution >= 0.6 is 0 Å². The lowest BCUT2D eigenvalue weighted by molar-refractivity contribution is -0.140. The first-order valence-electron chi connectivity index (χ1n) is 9.81. The number of nitrogens with one attached hydrogen (secondary N) is 1. The van der Waals surface area contributed by atoms with Gasteiger partial charge in [-0.2, -0.15) is 0 Å².